The maximum Gasteiger partial charge on any atom is 0.276 e. The molecule has 7 nitrogen and oxygen atoms in total. The quantitative estimate of drug-likeness (QED) is 0.415. The van der Waals surface area contributed by atoms with Gasteiger partial charge in [0.1, 0.15) is 17.3 Å². The summed E-state index contributed by atoms with van der Waals surface area (Å²) in [6, 6.07) is 20.1. The van der Waals surface area contributed by atoms with E-state index in [0.717, 1.165) is 17.7 Å². The summed E-state index contributed by atoms with van der Waals surface area (Å²) in [5.74, 6) is -0.615. The number of nitrogens with zero attached hydrogens (tertiary/aromatic N) is 2. The second-order valence-corrected chi connectivity index (χ2v) is 8.18. The van der Waals surface area contributed by atoms with E-state index < -0.39 is 11.7 Å². The molecule has 3 aromatic carbocycles. The maximum absolute atomic E-state index is 14.5. The van der Waals surface area contributed by atoms with Crippen LogP contribution in [0.15, 0.2) is 72.8 Å². The van der Waals surface area contributed by atoms with E-state index >= 15 is 0 Å². The van der Waals surface area contributed by atoms with Crippen LogP contribution in [0.2, 0.25) is 0 Å². The standard InChI is InChI=1S/C27H23FN4O3/c1-35-18-9-6-8-17(16-18)29-26(33)19-10-2-4-13-22(19)30-27(34)25-20-11-7-15-23(20)32(31-25)24-14-5-3-12-21(24)28/h2-6,8-10,12-14,16H,7,11,15H2,1H3,(H,29,33)(H,30,34). The van der Waals surface area contributed by atoms with Crippen LogP contribution in [0, 0.1) is 5.82 Å². The Kier molecular flexibility index (Phi) is 6.01. The number of hydrogen-bond donors (Lipinski definition) is 2. The molecule has 0 fully saturated rings. The fraction of sp³-hybridized carbons (Fsp3) is 0.148. The molecular formula is C27H23FN4O3. The van der Waals surface area contributed by atoms with Crippen LogP contribution in [0.25, 0.3) is 5.69 Å². The third kappa shape index (κ3) is 4.38. The van der Waals surface area contributed by atoms with Gasteiger partial charge in [-0.1, -0.05) is 30.3 Å². The summed E-state index contributed by atoms with van der Waals surface area (Å²) in [6.07, 6.45) is 2.26. The van der Waals surface area contributed by atoms with Crippen molar-refractivity contribution in [2.24, 2.45) is 0 Å². The lowest BCUT2D eigenvalue weighted by Gasteiger charge is -2.12. The minimum Gasteiger partial charge on any atom is -0.497 e. The number of rotatable bonds is 6. The van der Waals surface area contributed by atoms with Crippen LogP contribution in [-0.4, -0.2) is 28.7 Å². The van der Waals surface area contributed by atoms with E-state index in [4.69, 9.17) is 4.74 Å². The topological polar surface area (TPSA) is 85.2 Å². The Labute approximate surface area is 201 Å². The van der Waals surface area contributed by atoms with Crippen molar-refractivity contribution in [2.75, 3.05) is 17.7 Å². The number of aromatic nitrogens is 2. The van der Waals surface area contributed by atoms with E-state index in [1.54, 1.807) is 73.8 Å². The number of benzene rings is 3. The molecule has 0 bridgehead atoms. The highest BCUT2D eigenvalue weighted by Gasteiger charge is 2.28. The predicted molar refractivity (Wildman–Crippen MR) is 131 cm³/mol. The van der Waals surface area contributed by atoms with Crippen molar-refractivity contribution < 1.29 is 18.7 Å². The molecular weight excluding hydrogens is 447 g/mol. The number of hydrogen-bond acceptors (Lipinski definition) is 4. The number of amides is 2. The van der Waals surface area contributed by atoms with Crippen LogP contribution < -0.4 is 15.4 Å². The summed E-state index contributed by atoms with van der Waals surface area (Å²) in [4.78, 5) is 26.3. The van der Waals surface area contributed by atoms with Gasteiger partial charge in [0, 0.05) is 23.0 Å². The van der Waals surface area contributed by atoms with Crippen molar-refractivity contribution in [1.82, 2.24) is 9.78 Å². The fourth-order valence-electron chi connectivity index (χ4n) is 4.31. The summed E-state index contributed by atoms with van der Waals surface area (Å²) in [6.45, 7) is 0. The van der Waals surface area contributed by atoms with Gasteiger partial charge in [0.05, 0.1) is 18.4 Å². The number of halogens is 1. The molecule has 0 atom stereocenters. The molecule has 0 radical (unpaired) electrons. The lowest BCUT2D eigenvalue weighted by atomic mass is 10.1. The van der Waals surface area contributed by atoms with Crippen molar-refractivity contribution in [3.05, 3.63) is 101 Å². The first-order chi connectivity index (χ1) is 17.0. The van der Waals surface area contributed by atoms with E-state index in [2.05, 4.69) is 15.7 Å². The highest BCUT2D eigenvalue weighted by molar-refractivity contribution is 6.12. The first kappa shape index (κ1) is 22.3. The maximum atomic E-state index is 14.5. The lowest BCUT2D eigenvalue weighted by molar-refractivity contribution is 0.102. The van der Waals surface area contributed by atoms with Gasteiger partial charge in [0.2, 0.25) is 0 Å². The van der Waals surface area contributed by atoms with Crippen molar-refractivity contribution in [3.63, 3.8) is 0 Å². The smallest absolute Gasteiger partial charge is 0.276 e. The molecule has 176 valence electrons. The SMILES string of the molecule is COc1cccc(NC(=O)c2ccccc2NC(=O)c2nn(-c3ccccc3F)c3c2CCC3)c1. The predicted octanol–water partition coefficient (Wildman–Crippen LogP) is 5.01. The minimum atomic E-state index is -0.445. The number of carbonyl (C=O) groups excluding carboxylic acids is 2. The largest absolute Gasteiger partial charge is 0.497 e. The number of fused-ring (bicyclic) bond motifs is 1. The second-order valence-electron chi connectivity index (χ2n) is 8.18. The number of carbonyl (C=O) groups is 2. The second kappa shape index (κ2) is 9.42. The van der Waals surface area contributed by atoms with E-state index in [-0.39, 0.29) is 11.6 Å². The molecule has 4 aromatic rings. The van der Waals surface area contributed by atoms with Gasteiger partial charge in [-0.3, -0.25) is 9.59 Å². The van der Waals surface area contributed by atoms with Gasteiger partial charge in [0.15, 0.2) is 5.69 Å². The third-order valence-electron chi connectivity index (χ3n) is 5.97. The van der Waals surface area contributed by atoms with Gasteiger partial charge in [-0.25, -0.2) is 9.07 Å². The van der Waals surface area contributed by atoms with Gasteiger partial charge in [-0.05, 0) is 55.7 Å². The Morgan fingerprint density at radius 1 is 0.943 bits per heavy atom. The van der Waals surface area contributed by atoms with Crippen LogP contribution in [-0.2, 0) is 12.8 Å². The molecule has 2 amide bonds. The van der Waals surface area contributed by atoms with Crippen molar-refractivity contribution >= 4 is 23.2 Å². The van der Waals surface area contributed by atoms with Crippen LogP contribution in [0.3, 0.4) is 0 Å². The average molecular weight is 471 g/mol. The molecule has 0 aliphatic heterocycles. The normalized spacial score (nSPS) is 12.2. The van der Waals surface area contributed by atoms with E-state index in [9.17, 15) is 14.0 Å². The average Bonchev–Trinajstić information content (AvgIpc) is 3.48. The molecule has 1 aliphatic rings. The molecule has 2 N–H and O–H groups in total. The van der Waals surface area contributed by atoms with E-state index in [1.165, 1.54) is 10.7 Å². The van der Waals surface area contributed by atoms with Crippen molar-refractivity contribution in [2.45, 2.75) is 19.3 Å². The number of nitrogens with one attached hydrogen (secondary N) is 2. The van der Waals surface area contributed by atoms with Crippen LogP contribution in [0.4, 0.5) is 15.8 Å². The molecule has 0 spiro atoms. The molecule has 5 rings (SSSR count). The molecule has 1 aliphatic carbocycles. The number of methoxy groups -OCH3 is 1. The zero-order valence-corrected chi connectivity index (χ0v) is 19.0. The van der Waals surface area contributed by atoms with Gasteiger partial charge < -0.3 is 15.4 Å². The van der Waals surface area contributed by atoms with E-state index in [1.807, 2.05) is 0 Å². The first-order valence-corrected chi connectivity index (χ1v) is 11.3. The monoisotopic (exact) mass is 470 g/mol. The molecule has 8 heteroatoms. The van der Waals surface area contributed by atoms with Gasteiger partial charge in [-0.2, -0.15) is 5.10 Å². The molecule has 0 saturated heterocycles. The summed E-state index contributed by atoms with van der Waals surface area (Å²) in [7, 11) is 1.55. The van der Waals surface area contributed by atoms with Crippen LogP contribution >= 0.6 is 0 Å². The van der Waals surface area contributed by atoms with Crippen molar-refractivity contribution in [3.8, 4) is 11.4 Å². The highest BCUT2D eigenvalue weighted by Crippen LogP contribution is 2.29. The Hall–Kier alpha value is -4.46. The number of para-hydroxylation sites is 2. The molecule has 1 heterocycles. The zero-order valence-electron chi connectivity index (χ0n) is 19.0. The summed E-state index contributed by atoms with van der Waals surface area (Å²) in [5.41, 5.74) is 3.41. The van der Waals surface area contributed by atoms with Gasteiger partial charge in [-0.15, -0.1) is 0 Å². The molecule has 35 heavy (non-hydrogen) atoms. The Bertz CT molecular complexity index is 1430. The van der Waals surface area contributed by atoms with Gasteiger partial charge >= 0.3 is 0 Å². The Balaban J connectivity index is 1.42. The fourth-order valence-corrected chi connectivity index (χ4v) is 4.31. The first-order valence-electron chi connectivity index (χ1n) is 11.3. The van der Waals surface area contributed by atoms with Crippen molar-refractivity contribution in [1.29, 1.82) is 0 Å². The molecule has 0 unspecified atom stereocenters. The molecule has 0 saturated carbocycles. The third-order valence-corrected chi connectivity index (χ3v) is 5.97. The summed E-state index contributed by atoms with van der Waals surface area (Å²) >= 11 is 0. The highest BCUT2D eigenvalue weighted by atomic mass is 19.1. The minimum absolute atomic E-state index is 0.240. The van der Waals surface area contributed by atoms with E-state index in [0.29, 0.717) is 41.2 Å². The lowest BCUT2D eigenvalue weighted by Crippen LogP contribution is -2.19. The molecule has 1 aromatic heterocycles. The van der Waals surface area contributed by atoms with Crippen LogP contribution in [0.1, 0.15) is 38.5 Å². The number of ether oxygens (including phenoxy) is 1. The van der Waals surface area contributed by atoms with Gasteiger partial charge in [0.25, 0.3) is 11.8 Å². The summed E-state index contributed by atoms with van der Waals surface area (Å²) in [5, 5.41) is 10.1. The number of anilines is 2. The summed E-state index contributed by atoms with van der Waals surface area (Å²) < 4.78 is 21.2. The Morgan fingerprint density at radius 2 is 1.74 bits per heavy atom. The van der Waals surface area contributed by atoms with Crippen LogP contribution in [0.5, 0.6) is 5.75 Å². The Morgan fingerprint density at radius 3 is 2.57 bits per heavy atom. The zero-order chi connectivity index (χ0) is 24.4.